The van der Waals surface area contributed by atoms with E-state index in [0.717, 1.165) is 0 Å². The average Bonchev–Trinajstić information content (AvgIpc) is 2.03. The minimum Gasteiger partial charge on any atom is -0.296 e. The lowest BCUT2D eigenvalue weighted by molar-refractivity contribution is -0.0587. The predicted molar refractivity (Wildman–Crippen MR) is 39.3 cm³/mol. The summed E-state index contributed by atoms with van der Waals surface area (Å²) in [7, 11) is 0. The van der Waals surface area contributed by atoms with Crippen LogP contribution < -0.4 is 0 Å². The van der Waals surface area contributed by atoms with E-state index in [2.05, 4.69) is 0 Å². The van der Waals surface area contributed by atoms with E-state index in [4.69, 9.17) is 5.41 Å². The molecule has 1 aromatic rings. The molecule has 0 atom stereocenters. The third kappa shape index (κ3) is 1.84. The Kier molecular flexibility index (Phi) is 2.17. The van der Waals surface area contributed by atoms with Crippen LogP contribution in [0.25, 0.3) is 0 Å². The Morgan fingerprint density at radius 1 is 1.08 bits per heavy atom. The number of halogens is 3. The summed E-state index contributed by atoms with van der Waals surface area (Å²) in [5, 5.41) is 6.76. The maximum absolute atomic E-state index is 11.9. The molecule has 0 bridgehead atoms. The van der Waals surface area contributed by atoms with Gasteiger partial charge in [-0.05, 0) is 0 Å². The molecule has 0 aliphatic rings. The highest BCUT2D eigenvalue weighted by Crippen LogP contribution is 2.20. The molecule has 0 amide bonds. The van der Waals surface area contributed by atoms with Gasteiger partial charge in [0.15, 0.2) is 0 Å². The van der Waals surface area contributed by atoms with Crippen molar-refractivity contribution in [3.63, 3.8) is 0 Å². The van der Waals surface area contributed by atoms with Gasteiger partial charge in [0.1, 0.15) is 5.71 Å². The Morgan fingerprint density at radius 3 is 2.00 bits per heavy atom. The second-order valence-electron chi connectivity index (χ2n) is 2.24. The molecular weight excluding hydrogens is 167 g/mol. The minimum atomic E-state index is -4.55. The standard InChI is InChI=1S/C8H6F3N/c9-8(10,11)7(12)6-4-2-1-3-5-6/h1-5,12H. The Hall–Kier alpha value is -1.32. The summed E-state index contributed by atoms with van der Waals surface area (Å²) >= 11 is 0. The summed E-state index contributed by atoms with van der Waals surface area (Å²) in [4.78, 5) is 0. The van der Waals surface area contributed by atoms with Gasteiger partial charge in [-0.25, -0.2) is 0 Å². The maximum atomic E-state index is 11.9. The predicted octanol–water partition coefficient (Wildman–Crippen LogP) is 2.62. The molecule has 0 saturated carbocycles. The second kappa shape index (κ2) is 2.97. The van der Waals surface area contributed by atoms with E-state index in [1.165, 1.54) is 24.3 Å². The molecule has 0 saturated heterocycles. The van der Waals surface area contributed by atoms with Crippen molar-refractivity contribution in [3.8, 4) is 0 Å². The van der Waals surface area contributed by atoms with E-state index in [1.807, 2.05) is 0 Å². The third-order valence-corrected chi connectivity index (χ3v) is 1.35. The lowest BCUT2D eigenvalue weighted by atomic mass is 10.1. The highest BCUT2D eigenvalue weighted by molar-refractivity contribution is 6.02. The largest absolute Gasteiger partial charge is 0.433 e. The van der Waals surface area contributed by atoms with E-state index in [0.29, 0.717) is 0 Å². The fourth-order valence-corrected chi connectivity index (χ4v) is 0.768. The summed E-state index contributed by atoms with van der Waals surface area (Å²) in [6, 6.07) is 7.06. The minimum absolute atomic E-state index is 0.106. The number of alkyl halides is 3. The lowest BCUT2D eigenvalue weighted by Crippen LogP contribution is -2.22. The lowest BCUT2D eigenvalue weighted by Gasteiger charge is -2.06. The van der Waals surface area contributed by atoms with E-state index in [1.54, 1.807) is 6.07 Å². The molecule has 12 heavy (non-hydrogen) atoms. The van der Waals surface area contributed by atoms with Gasteiger partial charge in [-0.15, -0.1) is 0 Å². The van der Waals surface area contributed by atoms with E-state index in [-0.39, 0.29) is 5.56 Å². The summed E-state index contributed by atoms with van der Waals surface area (Å²) < 4.78 is 35.7. The number of hydrogen-bond acceptors (Lipinski definition) is 1. The first kappa shape index (κ1) is 8.77. The molecule has 0 aliphatic carbocycles. The SMILES string of the molecule is N=C(c1ccccc1)C(F)(F)F. The first-order valence-corrected chi connectivity index (χ1v) is 3.23. The van der Waals surface area contributed by atoms with Crippen molar-refractivity contribution in [2.75, 3.05) is 0 Å². The molecule has 4 heteroatoms. The maximum Gasteiger partial charge on any atom is 0.433 e. The molecule has 0 fully saturated rings. The number of benzene rings is 1. The Labute approximate surface area is 67.3 Å². The molecule has 0 unspecified atom stereocenters. The van der Waals surface area contributed by atoms with Crippen molar-refractivity contribution in [1.29, 1.82) is 5.41 Å². The van der Waals surface area contributed by atoms with Gasteiger partial charge in [-0.1, -0.05) is 30.3 Å². The van der Waals surface area contributed by atoms with Crippen LogP contribution in [-0.2, 0) is 0 Å². The zero-order chi connectivity index (χ0) is 9.19. The van der Waals surface area contributed by atoms with Gasteiger partial charge in [-0.2, -0.15) is 13.2 Å². The van der Waals surface area contributed by atoms with Gasteiger partial charge in [0, 0.05) is 5.56 Å². The fourth-order valence-electron chi connectivity index (χ4n) is 0.768. The van der Waals surface area contributed by atoms with Crippen LogP contribution in [0.2, 0.25) is 0 Å². The first-order chi connectivity index (χ1) is 5.52. The van der Waals surface area contributed by atoms with Crippen LogP contribution in [0.15, 0.2) is 30.3 Å². The van der Waals surface area contributed by atoms with Crippen LogP contribution in [0.3, 0.4) is 0 Å². The van der Waals surface area contributed by atoms with Crippen molar-refractivity contribution in [1.82, 2.24) is 0 Å². The molecule has 0 aromatic heterocycles. The van der Waals surface area contributed by atoms with Crippen LogP contribution in [0.5, 0.6) is 0 Å². The van der Waals surface area contributed by atoms with Gasteiger partial charge < -0.3 is 0 Å². The molecule has 0 aliphatic heterocycles. The van der Waals surface area contributed by atoms with Gasteiger partial charge in [0.05, 0.1) is 0 Å². The normalized spacial score (nSPS) is 11.2. The molecule has 1 N–H and O–H groups in total. The first-order valence-electron chi connectivity index (χ1n) is 3.23. The van der Waals surface area contributed by atoms with Gasteiger partial charge in [-0.3, -0.25) is 5.41 Å². The van der Waals surface area contributed by atoms with Crippen molar-refractivity contribution in [2.24, 2.45) is 0 Å². The van der Waals surface area contributed by atoms with Crippen molar-refractivity contribution in [3.05, 3.63) is 35.9 Å². The van der Waals surface area contributed by atoms with Crippen LogP contribution in [-0.4, -0.2) is 11.9 Å². The van der Waals surface area contributed by atoms with Gasteiger partial charge in [0.25, 0.3) is 0 Å². The molecule has 0 spiro atoms. The summed E-state index contributed by atoms with van der Waals surface area (Å²) in [6.45, 7) is 0. The molecule has 64 valence electrons. The zero-order valence-corrected chi connectivity index (χ0v) is 6.02. The monoisotopic (exact) mass is 173 g/mol. The Balaban J connectivity index is 2.94. The summed E-state index contributed by atoms with van der Waals surface area (Å²) in [5.41, 5.74) is -1.41. The number of nitrogens with one attached hydrogen (secondary N) is 1. The van der Waals surface area contributed by atoms with Crippen LogP contribution in [0, 0.1) is 5.41 Å². The van der Waals surface area contributed by atoms with E-state index < -0.39 is 11.9 Å². The molecule has 1 rings (SSSR count). The molecule has 1 nitrogen and oxygen atoms in total. The van der Waals surface area contributed by atoms with E-state index >= 15 is 0 Å². The average molecular weight is 173 g/mol. The second-order valence-corrected chi connectivity index (χ2v) is 2.24. The van der Waals surface area contributed by atoms with Gasteiger partial charge >= 0.3 is 6.18 Å². The molecular formula is C8H6F3N. The highest BCUT2D eigenvalue weighted by atomic mass is 19.4. The van der Waals surface area contributed by atoms with Crippen LogP contribution >= 0.6 is 0 Å². The van der Waals surface area contributed by atoms with Crippen LogP contribution in [0.4, 0.5) is 13.2 Å². The van der Waals surface area contributed by atoms with Crippen molar-refractivity contribution >= 4 is 5.71 Å². The quantitative estimate of drug-likeness (QED) is 0.631. The highest BCUT2D eigenvalue weighted by Gasteiger charge is 2.34. The smallest absolute Gasteiger partial charge is 0.296 e. The number of hydrogen-bond donors (Lipinski definition) is 1. The van der Waals surface area contributed by atoms with E-state index in [9.17, 15) is 13.2 Å². The fraction of sp³-hybridized carbons (Fsp3) is 0.125. The van der Waals surface area contributed by atoms with Crippen molar-refractivity contribution in [2.45, 2.75) is 6.18 Å². The third-order valence-electron chi connectivity index (χ3n) is 1.35. The molecule has 0 heterocycles. The summed E-state index contributed by atoms with van der Waals surface area (Å²) in [5.74, 6) is 0. The topological polar surface area (TPSA) is 23.9 Å². The summed E-state index contributed by atoms with van der Waals surface area (Å²) in [6.07, 6.45) is -4.55. The van der Waals surface area contributed by atoms with Gasteiger partial charge in [0.2, 0.25) is 0 Å². The number of rotatable bonds is 1. The molecule has 1 aromatic carbocycles. The Morgan fingerprint density at radius 2 is 1.58 bits per heavy atom. The Bertz CT molecular complexity index is 276. The van der Waals surface area contributed by atoms with Crippen molar-refractivity contribution < 1.29 is 13.2 Å². The zero-order valence-electron chi connectivity index (χ0n) is 6.02. The van der Waals surface area contributed by atoms with Crippen LogP contribution in [0.1, 0.15) is 5.56 Å². The molecule has 0 radical (unpaired) electrons.